The number of hydrogen-bond donors (Lipinski definition) is 1. The van der Waals surface area contributed by atoms with Crippen LogP contribution in [0.4, 0.5) is 0 Å². The van der Waals surface area contributed by atoms with Gasteiger partial charge in [-0.25, -0.2) is 10.9 Å². The number of rotatable bonds is 5. The lowest BCUT2D eigenvalue weighted by Crippen LogP contribution is -2.74. The maximum Gasteiger partial charge on any atom is 0.181 e. The molecule has 5 aromatic carbocycles. The Morgan fingerprint density at radius 1 is 0.543 bits per heavy atom. The Labute approximate surface area is 215 Å². The molecule has 0 atom stereocenters. The second kappa shape index (κ2) is 9.16. The van der Waals surface area contributed by atoms with Gasteiger partial charge in [-0.2, -0.15) is 0 Å². The fraction of sp³-hybridized carbons (Fsp3) is 0.0625. The molecule has 0 spiro atoms. The zero-order valence-electron chi connectivity index (χ0n) is 20.0. The predicted molar refractivity (Wildman–Crippen MR) is 162 cm³/mol. The van der Waals surface area contributed by atoms with Crippen molar-refractivity contribution in [1.29, 1.82) is 0 Å². The molecule has 0 N–H and O–H groups in total. The third-order valence-corrected chi connectivity index (χ3v) is 14.5. The van der Waals surface area contributed by atoms with Gasteiger partial charge in [-0.15, -0.1) is 11.3 Å². The van der Waals surface area contributed by atoms with Crippen LogP contribution in [-0.4, -0.2) is 20.6 Å². The molecule has 0 nitrogen and oxygen atoms in total. The van der Waals surface area contributed by atoms with Crippen LogP contribution < -0.4 is 20.7 Å². The van der Waals surface area contributed by atoms with E-state index in [1.807, 2.05) is 11.3 Å². The van der Waals surface area contributed by atoms with Gasteiger partial charge < -0.3 is 0 Å². The Balaban J connectivity index is 1.81. The molecule has 0 saturated heterocycles. The molecule has 6 rings (SSSR count). The van der Waals surface area contributed by atoms with E-state index in [2.05, 4.69) is 140 Å². The fourth-order valence-corrected chi connectivity index (χ4v) is 12.9. The fourth-order valence-electron chi connectivity index (χ4n) is 5.40. The van der Waals surface area contributed by atoms with Gasteiger partial charge in [0, 0.05) is 20.2 Å². The summed E-state index contributed by atoms with van der Waals surface area (Å²) in [5.41, 5.74) is 0. The minimum Gasteiger partial charge on any atom is -0.233 e. The van der Waals surface area contributed by atoms with E-state index in [1.54, 1.807) is 0 Å². The second-order valence-electron chi connectivity index (χ2n) is 9.21. The molecule has 0 radical (unpaired) electrons. The molecule has 0 bridgehead atoms. The van der Waals surface area contributed by atoms with Gasteiger partial charge in [0.1, 0.15) is 0 Å². The SMILES string of the molecule is C[SH](C)c1cccc([Si](c2ccccc2)(c2ccccc2)c2cccc3c2sc2ccccc23)c1. The van der Waals surface area contributed by atoms with E-state index in [-0.39, 0.29) is 10.9 Å². The Morgan fingerprint density at radius 2 is 1.11 bits per heavy atom. The molecule has 35 heavy (non-hydrogen) atoms. The highest BCUT2D eigenvalue weighted by molar-refractivity contribution is 8.15. The van der Waals surface area contributed by atoms with E-state index >= 15 is 0 Å². The molecule has 0 saturated carbocycles. The summed E-state index contributed by atoms with van der Waals surface area (Å²) in [6, 6.07) is 47.9. The first-order chi connectivity index (χ1) is 17.2. The summed E-state index contributed by atoms with van der Waals surface area (Å²) in [5, 5.41) is 8.56. The maximum atomic E-state index is 2.52. The first-order valence-electron chi connectivity index (χ1n) is 12.0. The average Bonchev–Trinajstić information content (AvgIpc) is 3.30. The van der Waals surface area contributed by atoms with Gasteiger partial charge in [0.15, 0.2) is 8.07 Å². The highest BCUT2D eigenvalue weighted by Crippen LogP contribution is 2.34. The topological polar surface area (TPSA) is 0 Å². The van der Waals surface area contributed by atoms with E-state index in [0.29, 0.717) is 0 Å². The zero-order chi connectivity index (χ0) is 23.8. The van der Waals surface area contributed by atoms with Crippen molar-refractivity contribution in [2.45, 2.75) is 4.90 Å². The van der Waals surface area contributed by atoms with E-state index in [9.17, 15) is 0 Å². The molecule has 0 amide bonds. The van der Waals surface area contributed by atoms with Crippen LogP contribution in [0, 0.1) is 0 Å². The third kappa shape index (κ3) is 3.66. The summed E-state index contributed by atoms with van der Waals surface area (Å²) in [6.07, 6.45) is 4.71. The summed E-state index contributed by atoms with van der Waals surface area (Å²) in [5.74, 6) is 0. The first-order valence-corrected chi connectivity index (χ1v) is 17.0. The number of benzene rings is 5. The lowest BCUT2D eigenvalue weighted by molar-refractivity contribution is 1.47. The normalized spacial score (nSPS) is 12.2. The first kappa shape index (κ1) is 22.4. The summed E-state index contributed by atoms with van der Waals surface area (Å²) in [6.45, 7) is 0. The van der Waals surface area contributed by atoms with Crippen LogP contribution in [0.2, 0.25) is 0 Å². The van der Waals surface area contributed by atoms with Gasteiger partial charge >= 0.3 is 0 Å². The van der Waals surface area contributed by atoms with Crippen LogP contribution in [0.5, 0.6) is 0 Å². The van der Waals surface area contributed by atoms with Gasteiger partial charge in [0.25, 0.3) is 0 Å². The Kier molecular flexibility index (Phi) is 5.85. The monoisotopic (exact) mass is 504 g/mol. The molecule has 3 heteroatoms. The quantitative estimate of drug-likeness (QED) is 0.165. The van der Waals surface area contributed by atoms with E-state index < -0.39 is 8.07 Å². The molecule has 172 valence electrons. The molecule has 1 heterocycles. The van der Waals surface area contributed by atoms with Crippen LogP contribution in [0.25, 0.3) is 20.2 Å². The highest BCUT2D eigenvalue weighted by Gasteiger charge is 2.43. The molecule has 0 fully saturated rings. The van der Waals surface area contributed by atoms with Crippen LogP contribution in [-0.2, 0) is 0 Å². The van der Waals surface area contributed by atoms with Crippen molar-refractivity contribution in [3.8, 4) is 0 Å². The van der Waals surface area contributed by atoms with Crippen molar-refractivity contribution in [1.82, 2.24) is 0 Å². The van der Waals surface area contributed by atoms with Crippen LogP contribution >= 0.6 is 22.2 Å². The average molecular weight is 505 g/mol. The van der Waals surface area contributed by atoms with Crippen molar-refractivity contribution >= 4 is 71.2 Å². The van der Waals surface area contributed by atoms with Crippen molar-refractivity contribution < 1.29 is 0 Å². The minimum atomic E-state index is -2.58. The summed E-state index contributed by atoms with van der Waals surface area (Å²) < 4.78 is 2.78. The molecular weight excluding hydrogens is 477 g/mol. The second-order valence-corrected chi connectivity index (χ2v) is 16.3. The maximum absolute atomic E-state index is 2.58. The Hall–Kier alpha value is -3.11. The van der Waals surface area contributed by atoms with Crippen molar-refractivity contribution in [2.75, 3.05) is 12.5 Å². The third-order valence-electron chi connectivity index (χ3n) is 7.02. The Bertz CT molecular complexity index is 1580. The van der Waals surface area contributed by atoms with Gasteiger partial charge in [0.2, 0.25) is 0 Å². The molecule has 6 aromatic rings. The van der Waals surface area contributed by atoms with Gasteiger partial charge in [-0.1, -0.05) is 115 Å². The van der Waals surface area contributed by atoms with Crippen molar-refractivity contribution in [2.24, 2.45) is 0 Å². The highest BCUT2D eigenvalue weighted by atomic mass is 32.2. The molecule has 0 aliphatic rings. The lowest BCUT2D eigenvalue weighted by Gasteiger charge is -2.35. The molecule has 1 aromatic heterocycles. The predicted octanol–water partition coefficient (Wildman–Crippen LogP) is 6.05. The van der Waals surface area contributed by atoms with Crippen LogP contribution in [0.1, 0.15) is 0 Å². The molecular formula is C32H28S2Si. The zero-order valence-corrected chi connectivity index (χ0v) is 22.7. The number of thiol groups is 1. The Morgan fingerprint density at radius 3 is 1.80 bits per heavy atom. The largest absolute Gasteiger partial charge is 0.233 e. The molecule has 0 aliphatic carbocycles. The van der Waals surface area contributed by atoms with Crippen molar-refractivity contribution in [3.05, 3.63) is 127 Å². The van der Waals surface area contributed by atoms with E-state index in [4.69, 9.17) is 0 Å². The summed E-state index contributed by atoms with van der Waals surface area (Å²) >= 11 is 1.95. The van der Waals surface area contributed by atoms with E-state index in [1.165, 1.54) is 45.8 Å². The smallest absolute Gasteiger partial charge is 0.181 e. The molecule has 0 unspecified atom stereocenters. The van der Waals surface area contributed by atoms with E-state index in [0.717, 1.165) is 0 Å². The van der Waals surface area contributed by atoms with Gasteiger partial charge in [-0.05, 0) is 50.3 Å². The van der Waals surface area contributed by atoms with Gasteiger partial charge in [-0.3, -0.25) is 0 Å². The number of hydrogen-bond acceptors (Lipinski definition) is 1. The number of fused-ring (bicyclic) bond motifs is 3. The van der Waals surface area contributed by atoms with Crippen LogP contribution in [0.15, 0.2) is 132 Å². The summed E-state index contributed by atoms with van der Waals surface area (Å²) in [7, 11) is -2.78. The van der Waals surface area contributed by atoms with Crippen LogP contribution in [0.3, 0.4) is 0 Å². The minimum absolute atomic E-state index is 0.192. The van der Waals surface area contributed by atoms with Crippen molar-refractivity contribution in [3.63, 3.8) is 0 Å². The number of thiophene rings is 1. The van der Waals surface area contributed by atoms with Gasteiger partial charge in [0.05, 0.1) is 0 Å². The lowest BCUT2D eigenvalue weighted by atomic mass is 10.1. The standard InChI is InChI=1S/C32H28S2Si/c1-34(2)24-13-11-18-27(23-24)35(25-14-5-3-6-15-25,26-16-7-4-8-17-26)31-22-12-20-29-28-19-9-10-21-30(28)33-32(29)31/h3-23,34H,1-2H3. The molecule has 0 aliphatic heterocycles. The summed E-state index contributed by atoms with van der Waals surface area (Å²) in [4.78, 5) is 1.46.